The van der Waals surface area contributed by atoms with Gasteiger partial charge < -0.3 is 5.11 Å². The number of aryl methyl sites for hydroxylation is 1. The van der Waals surface area contributed by atoms with Crippen molar-refractivity contribution in [3.63, 3.8) is 0 Å². The fraction of sp³-hybridized carbons (Fsp3) is 0.0833. The van der Waals surface area contributed by atoms with Crippen molar-refractivity contribution >= 4 is 71.7 Å². The summed E-state index contributed by atoms with van der Waals surface area (Å²) in [5, 5.41) is 11.3. The minimum atomic E-state index is -0.974. The van der Waals surface area contributed by atoms with E-state index in [0.717, 1.165) is 21.4 Å². The Labute approximate surface area is 210 Å². The molecule has 34 heavy (non-hydrogen) atoms. The highest BCUT2D eigenvalue weighted by atomic mass is 79.9. The molecule has 1 aliphatic rings. The molecule has 0 saturated carbocycles. The minimum Gasteiger partial charge on any atom is -0.507 e. The number of rotatable bonds is 3. The van der Waals surface area contributed by atoms with Crippen molar-refractivity contribution in [1.29, 1.82) is 0 Å². The Balaban J connectivity index is 1.73. The average Bonchev–Trinajstić information content (AvgIpc) is 3.33. The van der Waals surface area contributed by atoms with Gasteiger partial charge in [-0.15, -0.1) is 0 Å². The summed E-state index contributed by atoms with van der Waals surface area (Å²) in [6, 6.07) is 10.1. The molecule has 0 aliphatic carbocycles. The van der Waals surface area contributed by atoms with E-state index in [2.05, 4.69) is 25.9 Å². The third-order valence-corrected chi connectivity index (χ3v) is 7.70. The van der Waals surface area contributed by atoms with Gasteiger partial charge in [-0.25, -0.2) is 9.37 Å². The van der Waals surface area contributed by atoms with Crippen molar-refractivity contribution in [2.24, 2.45) is 0 Å². The molecular weight excluding hydrogens is 545 g/mol. The monoisotopic (exact) mass is 557 g/mol. The van der Waals surface area contributed by atoms with Gasteiger partial charge in [0.1, 0.15) is 11.6 Å². The topological polar surface area (TPSA) is 83.4 Å². The van der Waals surface area contributed by atoms with Gasteiger partial charge in [-0.05, 0) is 48.4 Å². The molecule has 1 atom stereocenters. The van der Waals surface area contributed by atoms with Crippen LogP contribution in [0, 0.1) is 12.7 Å². The summed E-state index contributed by atoms with van der Waals surface area (Å²) in [5.74, 6) is -2.62. The first kappa shape index (κ1) is 22.6. The third-order valence-electron chi connectivity index (χ3n) is 5.50. The van der Waals surface area contributed by atoms with Crippen LogP contribution in [0.2, 0.25) is 5.02 Å². The molecule has 0 spiro atoms. The van der Waals surface area contributed by atoms with Crippen molar-refractivity contribution in [3.8, 4) is 0 Å². The highest BCUT2D eigenvalue weighted by molar-refractivity contribution is 9.10. The van der Waals surface area contributed by atoms with E-state index >= 15 is 0 Å². The summed E-state index contributed by atoms with van der Waals surface area (Å²) in [6.07, 6.45) is 3.09. The number of nitrogens with zero attached hydrogens (tertiary/aromatic N) is 3. The number of pyridine rings is 1. The fourth-order valence-electron chi connectivity index (χ4n) is 3.84. The first-order valence-electron chi connectivity index (χ1n) is 9.99. The number of fused-ring (bicyclic) bond motifs is 1. The maximum absolute atomic E-state index is 14.0. The molecule has 1 aliphatic heterocycles. The number of halogens is 3. The third kappa shape index (κ3) is 3.70. The smallest absolute Gasteiger partial charge is 0.301 e. The average molecular weight is 559 g/mol. The summed E-state index contributed by atoms with van der Waals surface area (Å²) in [7, 11) is 0. The van der Waals surface area contributed by atoms with E-state index in [1.165, 1.54) is 23.2 Å². The summed E-state index contributed by atoms with van der Waals surface area (Å²) >= 11 is 10.4. The van der Waals surface area contributed by atoms with Crippen LogP contribution in [0.1, 0.15) is 22.7 Å². The van der Waals surface area contributed by atoms with Crippen LogP contribution in [0.25, 0.3) is 16.0 Å². The Morgan fingerprint density at radius 1 is 1.24 bits per heavy atom. The molecule has 0 bridgehead atoms. The van der Waals surface area contributed by atoms with Crippen molar-refractivity contribution in [3.05, 3.63) is 92.4 Å². The van der Waals surface area contributed by atoms with Gasteiger partial charge in [-0.2, -0.15) is 0 Å². The van der Waals surface area contributed by atoms with E-state index in [9.17, 15) is 19.1 Å². The quantitative estimate of drug-likeness (QED) is 0.184. The molecule has 2 aromatic heterocycles. The normalized spacial score (nSPS) is 17.6. The van der Waals surface area contributed by atoms with Crippen molar-refractivity contribution < 1.29 is 19.1 Å². The van der Waals surface area contributed by atoms with E-state index in [1.807, 2.05) is 6.92 Å². The summed E-state index contributed by atoms with van der Waals surface area (Å²) in [4.78, 5) is 36.2. The lowest BCUT2D eigenvalue weighted by Gasteiger charge is -2.22. The lowest BCUT2D eigenvalue weighted by Crippen LogP contribution is -2.29. The molecule has 10 heteroatoms. The Hall–Kier alpha value is -3.14. The van der Waals surface area contributed by atoms with Crippen LogP contribution in [-0.4, -0.2) is 26.8 Å². The number of anilines is 1. The second-order valence-electron chi connectivity index (χ2n) is 7.65. The number of Topliss-reactive ketones (excluding diaryl/α,β-unsaturated/α-hetero) is 1. The van der Waals surface area contributed by atoms with E-state index in [1.54, 1.807) is 36.5 Å². The second-order valence-corrected chi connectivity index (χ2v) is 9.92. The number of aliphatic hydroxyl groups excluding tert-OH is 1. The molecule has 3 heterocycles. The first-order valence-corrected chi connectivity index (χ1v) is 12.0. The molecule has 5 rings (SSSR count). The number of aromatic nitrogens is 2. The maximum atomic E-state index is 14.0. The van der Waals surface area contributed by atoms with Crippen LogP contribution in [0.3, 0.4) is 0 Å². The molecule has 1 fully saturated rings. The summed E-state index contributed by atoms with van der Waals surface area (Å²) in [5.41, 5.74) is 2.07. The van der Waals surface area contributed by atoms with Crippen molar-refractivity contribution in [2.75, 3.05) is 4.90 Å². The largest absolute Gasteiger partial charge is 0.507 e. The van der Waals surface area contributed by atoms with Crippen LogP contribution in [0.5, 0.6) is 0 Å². The van der Waals surface area contributed by atoms with Gasteiger partial charge in [0.15, 0.2) is 5.13 Å². The number of ketones is 1. The predicted octanol–water partition coefficient (Wildman–Crippen LogP) is 6.18. The van der Waals surface area contributed by atoms with Crippen molar-refractivity contribution in [2.45, 2.75) is 13.0 Å². The Morgan fingerprint density at radius 3 is 2.74 bits per heavy atom. The Morgan fingerprint density at radius 2 is 2.03 bits per heavy atom. The number of amides is 1. The van der Waals surface area contributed by atoms with Crippen LogP contribution in [0.15, 0.2) is 64.9 Å². The minimum absolute atomic E-state index is 0.0804. The van der Waals surface area contributed by atoms with Gasteiger partial charge in [-0.3, -0.25) is 19.5 Å². The SMILES string of the molecule is Cc1cc(/C(O)=C2\C(=O)C(=O)N(c3nc4cc(Cl)c(F)cc4s3)C2c2cccnc2)ccc1Br. The number of carbonyl (C=O) groups is 2. The van der Waals surface area contributed by atoms with Crippen LogP contribution in [-0.2, 0) is 9.59 Å². The standard InChI is InChI=1S/C24H14BrClFN3O3S/c1-11-7-12(4-5-14(11)25)21(31)19-20(13-3-2-6-28-10-13)30(23(33)22(19)32)24-29-17-8-15(26)16(27)9-18(17)34-24/h2-10,20,31H,1H3/b21-19+. The van der Waals surface area contributed by atoms with E-state index in [-0.39, 0.29) is 21.5 Å². The summed E-state index contributed by atoms with van der Waals surface area (Å²) in [6.45, 7) is 1.85. The maximum Gasteiger partial charge on any atom is 0.301 e. The number of carbonyl (C=O) groups excluding carboxylic acids is 2. The zero-order valence-corrected chi connectivity index (χ0v) is 20.6. The molecule has 1 saturated heterocycles. The second kappa shape index (κ2) is 8.57. The van der Waals surface area contributed by atoms with Crippen LogP contribution >= 0.6 is 38.9 Å². The van der Waals surface area contributed by atoms with Gasteiger partial charge in [0.25, 0.3) is 5.78 Å². The number of hydrogen-bond acceptors (Lipinski definition) is 6. The van der Waals surface area contributed by atoms with Crippen molar-refractivity contribution in [1.82, 2.24) is 9.97 Å². The number of benzene rings is 2. The highest BCUT2D eigenvalue weighted by Gasteiger charge is 2.48. The Kier molecular flexibility index (Phi) is 5.71. The molecule has 6 nitrogen and oxygen atoms in total. The molecule has 170 valence electrons. The number of hydrogen-bond donors (Lipinski definition) is 1. The molecule has 0 radical (unpaired) electrons. The molecule has 4 aromatic rings. The number of aliphatic hydroxyl groups is 1. The lowest BCUT2D eigenvalue weighted by molar-refractivity contribution is -0.132. The number of thiazole rings is 1. The lowest BCUT2D eigenvalue weighted by atomic mass is 9.96. The van der Waals surface area contributed by atoms with E-state index in [0.29, 0.717) is 21.3 Å². The molecule has 2 aromatic carbocycles. The zero-order valence-electron chi connectivity index (χ0n) is 17.4. The fourth-order valence-corrected chi connectivity index (χ4v) is 5.25. The zero-order chi connectivity index (χ0) is 24.1. The molecular formula is C24H14BrClFN3O3S. The van der Waals surface area contributed by atoms with Gasteiger partial charge in [0.2, 0.25) is 0 Å². The van der Waals surface area contributed by atoms with Gasteiger partial charge in [0, 0.05) is 22.4 Å². The molecule has 1 N–H and O–H groups in total. The highest BCUT2D eigenvalue weighted by Crippen LogP contribution is 2.44. The summed E-state index contributed by atoms with van der Waals surface area (Å²) < 4.78 is 15.3. The molecule has 1 amide bonds. The first-order chi connectivity index (χ1) is 16.3. The van der Waals surface area contributed by atoms with E-state index in [4.69, 9.17) is 11.6 Å². The van der Waals surface area contributed by atoms with E-state index < -0.39 is 23.5 Å². The Bertz CT molecular complexity index is 1480. The van der Waals surface area contributed by atoms with Crippen LogP contribution < -0.4 is 4.90 Å². The van der Waals surface area contributed by atoms with Gasteiger partial charge >= 0.3 is 5.91 Å². The predicted molar refractivity (Wildman–Crippen MR) is 132 cm³/mol. The van der Waals surface area contributed by atoms with Crippen LogP contribution in [0.4, 0.5) is 9.52 Å². The van der Waals surface area contributed by atoms with Gasteiger partial charge in [-0.1, -0.05) is 51.0 Å². The molecule has 1 unspecified atom stereocenters. The van der Waals surface area contributed by atoms with Gasteiger partial charge in [0.05, 0.1) is 26.9 Å².